The van der Waals surface area contributed by atoms with Crippen LogP contribution in [0.2, 0.25) is 10.0 Å². The summed E-state index contributed by atoms with van der Waals surface area (Å²) in [6.07, 6.45) is 0.462. The smallest absolute Gasteiger partial charge is 0.0468 e. The van der Waals surface area contributed by atoms with Crippen LogP contribution < -0.4 is 5.73 Å². The van der Waals surface area contributed by atoms with Crippen molar-refractivity contribution in [3.8, 4) is 0 Å². The van der Waals surface area contributed by atoms with E-state index < -0.39 is 0 Å². The number of hydrogen-bond donors (Lipinski definition) is 2. The molecule has 3 N–H and O–H groups in total. The van der Waals surface area contributed by atoms with Gasteiger partial charge in [0, 0.05) is 28.3 Å². The molecule has 0 unspecified atom stereocenters. The summed E-state index contributed by atoms with van der Waals surface area (Å²) in [4.78, 5) is 0. The lowest BCUT2D eigenvalue weighted by molar-refractivity contribution is 0.276. The molecule has 1 rings (SSSR count). The molecule has 2 nitrogen and oxygen atoms in total. The number of aliphatic hydroxyl groups excluding tert-OH is 1. The Morgan fingerprint density at radius 1 is 1.31 bits per heavy atom. The topological polar surface area (TPSA) is 46.2 Å². The first kappa shape index (κ1) is 10.8. The lowest BCUT2D eigenvalue weighted by Gasteiger charge is -2.13. The molecule has 0 bridgehead atoms. The van der Waals surface area contributed by atoms with Gasteiger partial charge in [0.25, 0.3) is 0 Å². The van der Waals surface area contributed by atoms with E-state index in [2.05, 4.69) is 0 Å². The SMILES string of the molecule is N[C@H](CCO)c1c(Cl)cccc1Cl. The minimum Gasteiger partial charge on any atom is -0.396 e. The van der Waals surface area contributed by atoms with E-state index in [1.165, 1.54) is 0 Å². The quantitative estimate of drug-likeness (QED) is 0.821. The molecular formula is C9H11Cl2NO. The summed E-state index contributed by atoms with van der Waals surface area (Å²) < 4.78 is 0. The average molecular weight is 220 g/mol. The molecule has 0 radical (unpaired) electrons. The first-order valence-corrected chi connectivity index (χ1v) is 4.72. The van der Waals surface area contributed by atoms with E-state index in [1.54, 1.807) is 18.2 Å². The van der Waals surface area contributed by atoms with Gasteiger partial charge in [-0.2, -0.15) is 0 Å². The van der Waals surface area contributed by atoms with Gasteiger partial charge in [-0.05, 0) is 18.6 Å². The van der Waals surface area contributed by atoms with E-state index in [-0.39, 0.29) is 12.6 Å². The van der Waals surface area contributed by atoms with Gasteiger partial charge in [-0.1, -0.05) is 29.3 Å². The van der Waals surface area contributed by atoms with Gasteiger partial charge in [0.05, 0.1) is 0 Å². The Hall–Kier alpha value is -0.280. The highest BCUT2D eigenvalue weighted by molar-refractivity contribution is 6.36. The van der Waals surface area contributed by atoms with Gasteiger partial charge >= 0.3 is 0 Å². The highest BCUT2D eigenvalue weighted by atomic mass is 35.5. The molecule has 72 valence electrons. The fourth-order valence-electron chi connectivity index (χ4n) is 1.15. The number of rotatable bonds is 3. The number of hydrogen-bond acceptors (Lipinski definition) is 2. The zero-order chi connectivity index (χ0) is 9.84. The van der Waals surface area contributed by atoms with Gasteiger partial charge in [0.1, 0.15) is 0 Å². The number of halogens is 2. The molecule has 1 aromatic rings. The molecule has 0 aliphatic rings. The van der Waals surface area contributed by atoms with Crippen LogP contribution in [0.1, 0.15) is 18.0 Å². The number of benzene rings is 1. The molecule has 0 saturated carbocycles. The van der Waals surface area contributed by atoms with Crippen molar-refractivity contribution in [1.82, 2.24) is 0 Å². The molecule has 0 spiro atoms. The number of nitrogens with two attached hydrogens (primary N) is 1. The van der Waals surface area contributed by atoms with Crippen LogP contribution in [0.4, 0.5) is 0 Å². The molecule has 0 fully saturated rings. The normalized spacial score (nSPS) is 12.9. The Kier molecular flexibility index (Phi) is 4.00. The summed E-state index contributed by atoms with van der Waals surface area (Å²) in [7, 11) is 0. The largest absolute Gasteiger partial charge is 0.396 e. The maximum Gasteiger partial charge on any atom is 0.0468 e. The van der Waals surface area contributed by atoms with Crippen LogP contribution >= 0.6 is 23.2 Å². The van der Waals surface area contributed by atoms with Crippen molar-refractivity contribution in [2.24, 2.45) is 5.73 Å². The van der Waals surface area contributed by atoms with Crippen LogP contribution in [0.15, 0.2) is 18.2 Å². The predicted molar refractivity (Wildman–Crippen MR) is 55.1 cm³/mol. The van der Waals surface area contributed by atoms with Crippen molar-refractivity contribution in [2.75, 3.05) is 6.61 Å². The summed E-state index contributed by atoms with van der Waals surface area (Å²) in [5.41, 5.74) is 6.49. The standard InChI is InChI=1S/C9H11Cl2NO/c10-6-2-1-3-7(11)9(6)8(12)4-5-13/h1-3,8,13H,4-5,12H2/t8-/m1/s1. The molecule has 0 aliphatic carbocycles. The molecule has 0 heterocycles. The van der Waals surface area contributed by atoms with Crippen LogP contribution in [-0.2, 0) is 0 Å². The van der Waals surface area contributed by atoms with E-state index in [4.69, 9.17) is 34.0 Å². The summed E-state index contributed by atoms with van der Waals surface area (Å²) >= 11 is 11.8. The van der Waals surface area contributed by atoms with Gasteiger partial charge in [0.15, 0.2) is 0 Å². The van der Waals surface area contributed by atoms with E-state index >= 15 is 0 Å². The lowest BCUT2D eigenvalue weighted by Crippen LogP contribution is -2.12. The minimum atomic E-state index is -0.300. The Bertz CT molecular complexity index is 271. The Morgan fingerprint density at radius 2 is 1.85 bits per heavy atom. The van der Waals surface area contributed by atoms with Crippen LogP contribution in [0.25, 0.3) is 0 Å². The van der Waals surface area contributed by atoms with Crippen molar-refractivity contribution in [1.29, 1.82) is 0 Å². The third kappa shape index (κ3) is 2.58. The van der Waals surface area contributed by atoms with E-state index in [0.717, 1.165) is 0 Å². The summed E-state index contributed by atoms with van der Waals surface area (Å²) in [6, 6.07) is 4.94. The van der Waals surface area contributed by atoms with Gasteiger partial charge in [0.2, 0.25) is 0 Å². The molecule has 0 aromatic heterocycles. The van der Waals surface area contributed by atoms with Crippen molar-refractivity contribution < 1.29 is 5.11 Å². The third-order valence-electron chi connectivity index (χ3n) is 1.81. The second kappa shape index (κ2) is 4.82. The van der Waals surface area contributed by atoms with E-state index in [9.17, 15) is 0 Å². The Morgan fingerprint density at radius 3 is 2.31 bits per heavy atom. The van der Waals surface area contributed by atoms with Crippen molar-refractivity contribution in [2.45, 2.75) is 12.5 Å². The Labute approximate surface area is 87.3 Å². The fraction of sp³-hybridized carbons (Fsp3) is 0.333. The van der Waals surface area contributed by atoms with E-state index in [0.29, 0.717) is 22.0 Å². The van der Waals surface area contributed by atoms with Crippen LogP contribution in [0.3, 0.4) is 0 Å². The van der Waals surface area contributed by atoms with Crippen LogP contribution in [0.5, 0.6) is 0 Å². The summed E-state index contributed by atoms with van der Waals surface area (Å²) in [5, 5.41) is 9.81. The zero-order valence-electron chi connectivity index (χ0n) is 7.00. The van der Waals surface area contributed by atoms with Gasteiger partial charge < -0.3 is 10.8 Å². The highest BCUT2D eigenvalue weighted by Gasteiger charge is 2.12. The Balaban J connectivity index is 2.98. The second-order valence-electron chi connectivity index (χ2n) is 2.75. The predicted octanol–water partition coefficient (Wildman–Crippen LogP) is 2.38. The number of aliphatic hydroxyl groups is 1. The van der Waals surface area contributed by atoms with Gasteiger partial charge in [-0.25, -0.2) is 0 Å². The monoisotopic (exact) mass is 219 g/mol. The molecule has 0 aliphatic heterocycles. The van der Waals surface area contributed by atoms with Crippen molar-refractivity contribution >= 4 is 23.2 Å². The second-order valence-corrected chi connectivity index (χ2v) is 3.57. The summed E-state index contributed by atoms with van der Waals surface area (Å²) in [5.74, 6) is 0. The van der Waals surface area contributed by atoms with Crippen molar-refractivity contribution in [3.63, 3.8) is 0 Å². The molecule has 4 heteroatoms. The first-order chi connectivity index (χ1) is 6.16. The molecule has 0 amide bonds. The molecule has 1 aromatic carbocycles. The average Bonchev–Trinajstić information content (AvgIpc) is 2.04. The molecule has 13 heavy (non-hydrogen) atoms. The van der Waals surface area contributed by atoms with E-state index in [1.807, 2.05) is 0 Å². The first-order valence-electron chi connectivity index (χ1n) is 3.97. The zero-order valence-corrected chi connectivity index (χ0v) is 8.52. The van der Waals surface area contributed by atoms with Crippen LogP contribution in [0, 0.1) is 0 Å². The fourth-order valence-corrected chi connectivity index (χ4v) is 1.83. The molecule has 1 atom stereocenters. The van der Waals surface area contributed by atoms with Crippen LogP contribution in [-0.4, -0.2) is 11.7 Å². The molecular weight excluding hydrogens is 209 g/mol. The van der Waals surface area contributed by atoms with Crippen molar-refractivity contribution in [3.05, 3.63) is 33.8 Å². The highest BCUT2D eigenvalue weighted by Crippen LogP contribution is 2.30. The minimum absolute atomic E-state index is 0.0305. The van der Waals surface area contributed by atoms with Gasteiger partial charge in [-0.15, -0.1) is 0 Å². The summed E-state index contributed by atoms with van der Waals surface area (Å²) in [6.45, 7) is 0.0305. The maximum atomic E-state index is 8.71. The molecule has 0 saturated heterocycles. The third-order valence-corrected chi connectivity index (χ3v) is 2.47. The van der Waals surface area contributed by atoms with Gasteiger partial charge in [-0.3, -0.25) is 0 Å². The lowest BCUT2D eigenvalue weighted by atomic mass is 10.1. The maximum absolute atomic E-state index is 8.71.